The molecular weight excluding hydrogens is 464 g/mol. The van der Waals surface area contributed by atoms with Crippen molar-refractivity contribution in [2.75, 3.05) is 20.8 Å². The lowest BCUT2D eigenvalue weighted by molar-refractivity contribution is -0.137. The molecule has 0 amide bonds. The Hall–Kier alpha value is -4.25. The van der Waals surface area contributed by atoms with Crippen LogP contribution in [0.2, 0.25) is 0 Å². The third kappa shape index (κ3) is 6.70. The zero-order valence-corrected chi connectivity index (χ0v) is 21.5. The van der Waals surface area contributed by atoms with Crippen LogP contribution in [0, 0.1) is 0 Å². The molecule has 0 bridgehead atoms. The second-order valence-corrected chi connectivity index (χ2v) is 8.64. The van der Waals surface area contributed by atoms with Crippen molar-refractivity contribution in [3.63, 3.8) is 0 Å². The molecule has 0 unspecified atom stereocenters. The predicted molar refractivity (Wildman–Crippen MR) is 149 cm³/mol. The monoisotopic (exact) mass is 496 g/mol. The Morgan fingerprint density at radius 1 is 0.811 bits per heavy atom. The summed E-state index contributed by atoms with van der Waals surface area (Å²) in [5.41, 5.74) is 2.82. The van der Waals surface area contributed by atoms with Gasteiger partial charge in [0, 0.05) is 17.0 Å². The number of methoxy groups -OCH3 is 2. The molecule has 0 radical (unpaired) electrons. The summed E-state index contributed by atoms with van der Waals surface area (Å²) in [6, 6.07) is 25.6. The van der Waals surface area contributed by atoms with Gasteiger partial charge in [0.1, 0.15) is 23.0 Å². The van der Waals surface area contributed by atoms with E-state index in [4.69, 9.17) is 18.9 Å². The maximum Gasteiger partial charge on any atom is 0.330 e. The van der Waals surface area contributed by atoms with Crippen LogP contribution in [0.5, 0.6) is 23.0 Å². The van der Waals surface area contributed by atoms with Crippen LogP contribution >= 0.6 is 0 Å². The Morgan fingerprint density at radius 2 is 1.57 bits per heavy atom. The van der Waals surface area contributed by atoms with Crippen molar-refractivity contribution in [2.24, 2.45) is 0 Å². The van der Waals surface area contributed by atoms with Crippen molar-refractivity contribution in [1.82, 2.24) is 0 Å². The Labute approximate surface area is 218 Å². The summed E-state index contributed by atoms with van der Waals surface area (Å²) in [5, 5.41) is 1.98. The number of esters is 1. The second-order valence-electron chi connectivity index (χ2n) is 8.64. The van der Waals surface area contributed by atoms with Crippen LogP contribution in [-0.4, -0.2) is 26.8 Å². The number of hydrogen-bond acceptors (Lipinski definition) is 5. The Morgan fingerprint density at radius 3 is 2.32 bits per heavy atom. The van der Waals surface area contributed by atoms with Crippen molar-refractivity contribution in [3.05, 3.63) is 90.5 Å². The van der Waals surface area contributed by atoms with Gasteiger partial charge in [0.2, 0.25) is 0 Å². The van der Waals surface area contributed by atoms with Crippen molar-refractivity contribution in [2.45, 2.75) is 26.2 Å². The van der Waals surface area contributed by atoms with Gasteiger partial charge in [0.25, 0.3) is 0 Å². The summed E-state index contributed by atoms with van der Waals surface area (Å²) in [4.78, 5) is 11.9. The van der Waals surface area contributed by atoms with Crippen LogP contribution in [0.4, 0.5) is 0 Å². The van der Waals surface area contributed by atoms with Gasteiger partial charge < -0.3 is 18.9 Å². The molecule has 0 aliphatic carbocycles. The molecule has 0 N–H and O–H groups in total. The number of fused-ring (bicyclic) bond motifs is 1. The van der Waals surface area contributed by atoms with Gasteiger partial charge in [-0.1, -0.05) is 50.1 Å². The van der Waals surface area contributed by atoms with Crippen molar-refractivity contribution in [1.29, 1.82) is 0 Å². The standard InChI is InChI=1S/C32H32O5/c1-4-5-6-20-36-31(33)19-12-23-10-14-26(15-11-23)37-32-29(24-8-7-9-27(21-24)34-2)17-13-25-22-28(35-3)16-18-30(25)32/h7-19,21-22H,4-6,20H2,1-3H3. The van der Waals surface area contributed by atoms with E-state index in [1.165, 1.54) is 6.08 Å². The molecule has 0 saturated carbocycles. The minimum atomic E-state index is -0.328. The summed E-state index contributed by atoms with van der Waals surface area (Å²) in [5.74, 6) is 2.66. The Kier molecular flexibility index (Phi) is 8.82. The van der Waals surface area contributed by atoms with Crippen molar-refractivity contribution < 1.29 is 23.7 Å². The molecule has 0 saturated heterocycles. The molecule has 0 aromatic heterocycles. The largest absolute Gasteiger partial charge is 0.497 e. The molecule has 37 heavy (non-hydrogen) atoms. The van der Waals surface area contributed by atoms with Gasteiger partial charge in [-0.25, -0.2) is 4.79 Å². The van der Waals surface area contributed by atoms with Gasteiger partial charge in [-0.15, -0.1) is 0 Å². The van der Waals surface area contributed by atoms with Crippen LogP contribution < -0.4 is 14.2 Å². The molecule has 0 heterocycles. The average molecular weight is 497 g/mol. The number of ether oxygens (including phenoxy) is 4. The quantitative estimate of drug-likeness (QED) is 0.119. The van der Waals surface area contributed by atoms with Gasteiger partial charge >= 0.3 is 5.97 Å². The summed E-state index contributed by atoms with van der Waals surface area (Å²) >= 11 is 0. The molecule has 5 heteroatoms. The van der Waals surface area contributed by atoms with Gasteiger partial charge in [0.15, 0.2) is 0 Å². The molecule has 4 aromatic rings. The molecule has 0 aliphatic heterocycles. The van der Waals surface area contributed by atoms with Crippen molar-refractivity contribution >= 4 is 22.8 Å². The Balaban J connectivity index is 1.60. The van der Waals surface area contributed by atoms with E-state index in [9.17, 15) is 4.79 Å². The highest BCUT2D eigenvalue weighted by atomic mass is 16.5. The lowest BCUT2D eigenvalue weighted by atomic mass is 9.99. The van der Waals surface area contributed by atoms with E-state index in [0.717, 1.165) is 64.0 Å². The van der Waals surface area contributed by atoms with Gasteiger partial charge in [-0.2, -0.15) is 0 Å². The number of carbonyl (C=O) groups excluding carboxylic acids is 1. The summed E-state index contributed by atoms with van der Waals surface area (Å²) < 4.78 is 22.6. The van der Waals surface area contributed by atoms with E-state index in [-0.39, 0.29) is 5.97 Å². The summed E-state index contributed by atoms with van der Waals surface area (Å²) in [6.45, 7) is 2.57. The normalized spacial score (nSPS) is 11.0. The number of rotatable bonds is 11. The molecule has 0 atom stereocenters. The van der Waals surface area contributed by atoms with Crippen LogP contribution in [0.1, 0.15) is 31.7 Å². The molecule has 0 aliphatic rings. The van der Waals surface area contributed by atoms with E-state index in [2.05, 4.69) is 19.1 Å². The van der Waals surface area contributed by atoms with E-state index in [0.29, 0.717) is 12.4 Å². The lowest BCUT2D eigenvalue weighted by Crippen LogP contribution is -2.01. The zero-order valence-electron chi connectivity index (χ0n) is 21.5. The first kappa shape index (κ1) is 25.8. The fourth-order valence-corrected chi connectivity index (χ4v) is 4.04. The molecule has 0 spiro atoms. The van der Waals surface area contributed by atoms with Crippen LogP contribution in [-0.2, 0) is 9.53 Å². The third-order valence-electron chi connectivity index (χ3n) is 6.06. The fraction of sp³-hybridized carbons (Fsp3) is 0.219. The highest BCUT2D eigenvalue weighted by molar-refractivity contribution is 5.96. The number of benzene rings is 4. The number of unbranched alkanes of at least 4 members (excludes halogenated alkanes) is 2. The first-order valence-corrected chi connectivity index (χ1v) is 12.5. The second kappa shape index (κ2) is 12.6. The molecule has 4 rings (SSSR count). The van der Waals surface area contributed by atoms with Crippen LogP contribution in [0.15, 0.2) is 84.9 Å². The average Bonchev–Trinajstić information content (AvgIpc) is 2.94. The molecule has 4 aromatic carbocycles. The maximum atomic E-state index is 11.9. The highest BCUT2D eigenvalue weighted by Gasteiger charge is 2.14. The van der Waals surface area contributed by atoms with Crippen molar-refractivity contribution in [3.8, 4) is 34.1 Å². The minimum Gasteiger partial charge on any atom is -0.497 e. The van der Waals surface area contributed by atoms with E-state index in [1.54, 1.807) is 20.3 Å². The SMILES string of the molecule is CCCCCOC(=O)C=Cc1ccc(Oc2c(-c3cccc(OC)c3)ccc3cc(OC)ccc23)cc1. The lowest BCUT2D eigenvalue weighted by Gasteiger charge is -2.16. The number of hydrogen-bond donors (Lipinski definition) is 0. The molecular formula is C32H32O5. The molecule has 190 valence electrons. The zero-order chi connectivity index (χ0) is 26.0. The van der Waals surface area contributed by atoms with Gasteiger partial charge in [0.05, 0.1) is 20.8 Å². The third-order valence-corrected chi connectivity index (χ3v) is 6.06. The first-order valence-electron chi connectivity index (χ1n) is 12.5. The minimum absolute atomic E-state index is 0.328. The van der Waals surface area contributed by atoms with Crippen LogP contribution in [0.3, 0.4) is 0 Å². The Bertz CT molecular complexity index is 1370. The maximum absolute atomic E-state index is 11.9. The molecule has 0 fully saturated rings. The fourth-order valence-electron chi connectivity index (χ4n) is 4.04. The smallest absolute Gasteiger partial charge is 0.330 e. The van der Waals surface area contributed by atoms with Gasteiger partial charge in [-0.05, 0) is 77.5 Å². The molecule has 5 nitrogen and oxygen atoms in total. The van der Waals surface area contributed by atoms with E-state index < -0.39 is 0 Å². The topological polar surface area (TPSA) is 54.0 Å². The summed E-state index contributed by atoms with van der Waals surface area (Å²) in [6.07, 6.45) is 6.25. The van der Waals surface area contributed by atoms with E-state index >= 15 is 0 Å². The highest BCUT2D eigenvalue weighted by Crippen LogP contribution is 2.41. The van der Waals surface area contributed by atoms with Gasteiger partial charge in [-0.3, -0.25) is 0 Å². The van der Waals surface area contributed by atoms with E-state index in [1.807, 2.05) is 66.7 Å². The summed E-state index contributed by atoms with van der Waals surface area (Å²) in [7, 11) is 3.32. The number of carbonyl (C=O) groups is 1. The first-order chi connectivity index (χ1) is 18.1. The van der Waals surface area contributed by atoms with Crippen LogP contribution in [0.25, 0.3) is 28.0 Å². The predicted octanol–water partition coefficient (Wildman–Crippen LogP) is 8.06.